The van der Waals surface area contributed by atoms with Gasteiger partial charge >= 0.3 is 0 Å². The molecule has 2 aliphatic heterocycles. The molecule has 7 heteroatoms. The number of carbonyl (C=O) groups is 1. The third-order valence-corrected chi connectivity index (χ3v) is 7.21. The van der Waals surface area contributed by atoms with Gasteiger partial charge in [-0.2, -0.15) is 5.10 Å². The number of piperazine rings is 1. The molecule has 172 valence electrons. The van der Waals surface area contributed by atoms with E-state index in [9.17, 15) is 4.79 Å². The minimum absolute atomic E-state index is 0.300. The zero-order chi connectivity index (χ0) is 22.4. The number of carbonyl (C=O) groups excluding carboxylic acids is 1. The van der Waals surface area contributed by atoms with Crippen LogP contribution in [-0.2, 0) is 4.79 Å². The monoisotopic (exact) mass is 445 g/mol. The summed E-state index contributed by atoms with van der Waals surface area (Å²) in [6.45, 7) is 8.63. The van der Waals surface area contributed by atoms with Gasteiger partial charge in [0, 0.05) is 63.1 Å². The van der Waals surface area contributed by atoms with Crippen LogP contribution in [0.15, 0.2) is 48.8 Å². The Morgan fingerprint density at radius 3 is 2.48 bits per heavy atom. The summed E-state index contributed by atoms with van der Waals surface area (Å²) in [6.07, 6.45) is 6.40. The number of nitrogens with zero attached hydrogens (tertiary/aromatic N) is 5. The smallest absolute Gasteiger partial charge is 0.225 e. The van der Waals surface area contributed by atoms with Crippen LogP contribution in [0.2, 0.25) is 0 Å². The number of ether oxygens (including phenoxy) is 1. The molecule has 0 radical (unpaired) electrons. The Morgan fingerprint density at radius 2 is 1.79 bits per heavy atom. The van der Waals surface area contributed by atoms with Crippen molar-refractivity contribution >= 4 is 17.1 Å². The van der Waals surface area contributed by atoms with Gasteiger partial charge in [0.2, 0.25) is 5.91 Å². The van der Waals surface area contributed by atoms with Crippen molar-refractivity contribution in [2.75, 3.05) is 50.7 Å². The number of hydrogen-bond donors (Lipinski definition) is 0. The van der Waals surface area contributed by atoms with Crippen LogP contribution < -0.4 is 9.64 Å². The van der Waals surface area contributed by atoms with Gasteiger partial charge in [0.15, 0.2) is 0 Å². The first-order valence-electron chi connectivity index (χ1n) is 12.2. The Labute approximate surface area is 194 Å². The van der Waals surface area contributed by atoms with Gasteiger partial charge in [-0.15, -0.1) is 0 Å². The van der Waals surface area contributed by atoms with Gasteiger partial charge in [-0.05, 0) is 49.2 Å². The van der Waals surface area contributed by atoms with Crippen molar-refractivity contribution in [3.8, 4) is 16.9 Å². The lowest BCUT2D eigenvalue weighted by atomic mass is 10.1. The number of anilines is 1. The van der Waals surface area contributed by atoms with E-state index in [2.05, 4.69) is 64.4 Å². The maximum atomic E-state index is 12.4. The molecule has 0 atom stereocenters. The van der Waals surface area contributed by atoms with Gasteiger partial charge in [-0.1, -0.05) is 19.1 Å². The van der Waals surface area contributed by atoms with Crippen molar-refractivity contribution in [2.45, 2.75) is 25.9 Å². The zero-order valence-corrected chi connectivity index (χ0v) is 19.2. The molecule has 3 aliphatic rings. The standard InChI is InChI=1S/C26H31N5O2/c1-2-28-17-23(18-28)33-22-7-5-19(6-8-22)21-15-25-24(9-10-27-31(25)16-21)29-11-13-30(14-12-29)26(32)20-3-4-20/h5-10,15-16,20,23H,2-4,11-14,17-18H2,1H3. The summed E-state index contributed by atoms with van der Waals surface area (Å²) >= 11 is 0. The van der Waals surface area contributed by atoms with E-state index in [4.69, 9.17) is 4.74 Å². The highest BCUT2D eigenvalue weighted by Crippen LogP contribution is 2.33. The largest absolute Gasteiger partial charge is 0.488 e. The van der Waals surface area contributed by atoms with Crippen molar-refractivity contribution in [1.29, 1.82) is 0 Å². The minimum atomic E-state index is 0.300. The molecule has 1 amide bonds. The molecule has 0 N–H and O–H groups in total. The summed E-state index contributed by atoms with van der Waals surface area (Å²) in [4.78, 5) is 19.2. The van der Waals surface area contributed by atoms with Crippen LogP contribution in [0.5, 0.6) is 5.75 Å². The maximum absolute atomic E-state index is 12.4. The fraction of sp³-hybridized carbons (Fsp3) is 0.462. The second kappa shape index (κ2) is 8.37. The fourth-order valence-electron chi connectivity index (χ4n) is 4.96. The Balaban J connectivity index is 1.16. The first-order valence-corrected chi connectivity index (χ1v) is 12.2. The minimum Gasteiger partial charge on any atom is -0.488 e. The lowest BCUT2D eigenvalue weighted by Crippen LogP contribution is -2.53. The Hall–Kier alpha value is -3.06. The molecule has 2 saturated heterocycles. The predicted molar refractivity (Wildman–Crippen MR) is 129 cm³/mol. The summed E-state index contributed by atoms with van der Waals surface area (Å²) in [7, 11) is 0. The summed E-state index contributed by atoms with van der Waals surface area (Å²) in [6, 6.07) is 12.7. The summed E-state index contributed by atoms with van der Waals surface area (Å²) in [5.74, 6) is 1.58. The Bertz CT molecular complexity index is 1140. The van der Waals surface area contributed by atoms with Crippen molar-refractivity contribution < 1.29 is 9.53 Å². The van der Waals surface area contributed by atoms with Gasteiger partial charge in [0.1, 0.15) is 11.9 Å². The quantitative estimate of drug-likeness (QED) is 0.584. The number of benzene rings is 1. The van der Waals surface area contributed by atoms with E-state index in [1.807, 2.05) is 15.6 Å². The molecular weight excluding hydrogens is 414 g/mol. The Morgan fingerprint density at radius 1 is 1.03 bits per heavy atom. The van der Waals surface area contributed by atoms with Crippen LogP contribution in [0.1, 0.15) is 19.8 Å². The van der Waals surface area contributed by atoms with Crippen LogP contribution in [-0.4, -0.2) is 77.2 Å². The van der Waals surface area contributed by atoms with Gasteiger partial charge < -0.3 is 14.5 Å². The normalized spacial score (nSPS) is 19.7. The Kier molecular flexibility index (Phi) is 5.21. The summed E-state index contributed by atoms with van der Waals surface area (Å²) in [5, 5.41) is 4.54. The van der Waals surface area contributed by atoms with Gasteiger partial charge in [0.25, 0.3) is 0 Å². The molecule has 1 aromatic carbocycles. The molecule has 33 heavy (non-hydrogen) atoms. The molecule has 1 saturated carbocycles. The topological polar surface area (TPSA) is 53.3 Å². The number of fused-ring (bicyclic) bond motifs is 1. The molecule has 1 aliphatic carbocycles. The third-order valence-electron chi connectivity index (χ3n) is 7.21. The number of amides is 1. The van der Waals surface area contributed by atoms with E-state index in [1.54, 1.807) is 0 Å². The van der Waals surface area contributed by atoms with Crippen LogP contribution in [0.25, 0.3) is 16.6 Å². The number of rotatable bonds is 6. The van der Waals surface area contributed by atoms with Crippen LogP contribution in [0.3, 0.4) is 0 Å². The average Bonchev–Trinajstić information content (AvgIpc) is 3.59. The molecule has 0 spiro atoms. The average molecular weight is 446 g/mol. The second-order valence-corrected chi connectivity index (χ2v) is 9.48. The first-order chi connectivity index (χ1) is 16.2. The van der Waals surface area contributed by atoms with Crippen molar-refractivity contribution in [3.63, 3.8) is 0 Å². The predicted octanol–water partition coefficient (Wildman–Crippen LogP) is 3.14. The van der Waals surface area contributed by atoms with Gasteiger partial charge in [-0.3, -0.25) is 9.69 Å². The van der Waals surface area contributed by atoms with Crippen molar-refractivity contribution in [3.05, 3.63) is 48.8 Å². The van der Waals surface area contributed by atoms with E-state index in [0.29, 0.717) is 17.9 Å². The zero-order valence-electron chi connectivity index (χ0n) is 19.2. The number of likely N-dealkylation sites (N-methyl/N-ethyl adjacent to an activating group) is 1. The highest BCUT2D eigenvalue weighted by molar-refractivity contribution is 5.82. The fourth-order valence-corrected chi connectivity index (χ4v) is 4.96. The molecule has 3 aromatic rings. The molecule has 0 bridgehead atoms. The van der Waals surface area contributed by atoms with Crippen molar-refractivity contribution in [1.82, 2.24) is 19.4 Å². The lowest BCUT2D eigenvalue weighted by molar-refractivity contribution is -0.132. The van der Waals surface area contributed by atoms with E-state index >= 15 is 0 Å². The number of likely N-dealkylation sites (tertiary alicyclic amines) is 1. The van der Waals surface area contributed by atoms with E-state index in [1.165, 1.54) is 5.69 Å². The van der Waals surface area contributed by atoms with E-state index in [0.717, 1.165) is 81.0 Å². The van der Waals surface area contributed by atoms with Gasteiger partial charge in [-0.25, -0.2) is 4.52 Å². The molecule has 7 nitrogen and oxygen atoms in total. The third kappa shape index (κ3) is 4.06. The molecule has 0 unspecified atom stereocenters. The molecule has 6 rings (SSSR count). The SMILES string of the molecule is CCN1CC(Oc2ccc(-c3cc4c(N5CCN(C(=O)C6CC6)CC5)ccnn4c3)cc2)C1. The summed E-state index contributed by atoms with van der Waals surface area (Å²) < 4.78 is 8.04. The number of hydrogen-bond acceptors (Lipinski definition) is 5. The lowest BCUT2D eigenvalue weighted by Gasteiger charge is -2.38. The van der Waals surface area contributed by atoms with Crippen LogP contribution in [0, 0.1) is 5.92 Å². The first kappa shape index (κ1) is 20.5. The molecule has 3 fully saturated rings. The van der Waals surface area contributed by atoms with E-state index < -0.39 is 0 Å². The molecule has 2 aromatic heterocycles. The van der Waals surface area contributed by atoms with E-state index in [-0.39, 0.29) is 0 Å². The van der Waals surface area contributed by atoms with Crippen molar-refractivity contribution in [2.24, 2.45) is 5.92 Å². The summed E-state index contributed by atoms with van der Waals surface area (Å²) in [5.41, 5.74) is 4.58. The second-order valence-electron chi connectivity index (χ2n) is 9.48. The highest BCUT2D eigenvalue weighted by atomic mass is 16.5. The number of aromatic nitrogens is 2. The molecular formula is C26H31N5O2. The molecule has 4 heterocycles. The van der Waals surface area contributed by atoms with Crippen LogP contribution in [0.4, 0.5) is 5.69 Å². The maximum Gasteiger partial charge on any atom is 0.225 e. The van der Waals surface area contributed by atoms with Crippen LogP contribution >= 0.6 is 0 Å². The highest BCUT2D eigenvalue weighted by Gasteiger charge is 2.34. The van der Waals surface area contributed by atoms with Gasteiger partial charge in [0.05, 0.1) is 11.2 Å².